The summed E-state index contributed by atoms with van der Waals surface area (Å²) in [5.74, 6) is 0.472. The molecule has 108 valence electrons. The number of likely N-dealkylation sites (tertiary alicyclic amines) is 1. The monoisotopic (exact) mass is 284 g/mol. The van der Waals surface area contributed by atoms with Crippen molar-refractivity contribution in [1.82, 2.24) is 9.88 Å². The van der Waals surface area contributed by atoms with Gasteiger partial charge in [-0.25, -0.2) is 4.98 Å². The van der Waals surface area contributed by atoms with E-state index in [1.807, 2.05) is 30.3 Å². The first kappa shape index (κ1) is 13.6. The van der Waals surface area contributed by atoms with Gasteiger partial charge in [0, 0.05) is 30.3 Å². The van der Waals surface area contributed by atoms with Gasteiger partial charge in [-0.05, 0) is 18.2 Å². The van der Waals surface area contributed by atoms with Crippen molar-refractivity contribution in [2.45, 2.75) is 6.10 Å². The van der Waals surface area contributed by atoms with Crippen molar-refractivity contribution >= 4 is 5.91 Å². The van der Waals surface area contributed by atoms with E-state index in [9.17, 15) is 9.90 Å². The second-order valence-corrected chi connectivity index (χ2v) is 5.01. The second-order valence-electron chi connectivity index (χ2n) is 5.01. The first-order chi connectivity index (χ1) is 10.2. The van der Waals surface area contributed by atoms with E-state index in [1.54, 1.807) is 24.1 Å². The van der Waals surface area contributed by atoms with E-state index < -0.39 is 6.10 Å². The Morgan fingerprint density at radius 2 is 2.05 bits per heavy atom. The second kappa shape index (κ2) is 5.54. The predicted octanol–water partition coefficient (Wildman–Crippen LogP) is 1.57. The van der Waals surface area contributed by atoms with E-state index in [4.69, 9.17) is 4.74 Å². The Balaban J connectivity index is 1.87. The number of methoxy groups -OCH3 is 1. The molecule has 1 N–H and O–H groups in total. The summed E-state index contributed by atoms with van der Waals surface area (Å²) in [5.41, 5.74) is 2.22. The number of aliphatic hydroxyl groups is 1. The number of hydrogen-bond donors (Lipinski definition) is 1. The van der Waals surface area contributed by atoms with Gasteiger partial charge in [0.05, 0.1) is 18.9 Å². The molecule has 1 aromatic heterocycles. The third kappa shape index (κ3) is 2.73. The zero-order valence-electron chi connectivity index (χ0n) is 11.7. The zero-order valence-corrected chi connectivity index (χ0v) is 11.7. The number of amides is 1. The highest BCUT2D eigenvalue weighted by Crippen LogP contribution is 2.22. The summed E-state index contributed by atoms with van der Waals surface area (Å²) < 4.78 is 5.12. The number of carbonyl (C=O) groups is 1. The van der Waals surface area contributed by atoms with Gasteiger partial charge in [0.2, 0.25) is 5.88 Å². The maximum atomic E-state index is 12.2. The Morgan fingerprint density at radius 1 is 1.29 bits per heavy atom. The highest BCUT2D eigenvalue weighted by atomic mass is 16.5. The van der Waals surface area contributed by atoms with E-state index in [0.29, 0.717) is 24.5 Å². The lowest BCUT2D eigenvalue weighted by atomic mass is 10.0. The summed E-state index contributed by atoms with van der Waals surface area (Å²) in [7, 11) is 1.57. The molecule has 2 aromatic rings. The van der Waals surface area contributed by atoms with Crippen LogP contribution >= 0.6 is 0 Å². The highest BCUT2D eigenvalue weighted by molar-refractivity contribution is 5.95. The number of rotatable bonds is 3. The molecule has 1 aliphatic heterocycles. The van der Waals surface area contributed by atoms with Crippen molar-refractivity contribution in [2.75, 3.05) is 20.2 Å². The maximum absolute atomic E-state index is 12.2. The van der Waals surface area contributed by atoms with Gasteiger partial charge in [-0.15, -0.1) is 0 Å². The van der Waals surface area contributed by atoms with Crippen LogP contribution in [-0.2, 0) is 0 Å². The van der Waals surface area contributed by atoms with Crippen molar-refractivity contribution < 1.29 is 14.6 Å². The molecule has 5 heteroatoms. The molecule has 1 aliphatic rings. The van der Waals surface area contributed by atoms with Gasteiger partial charge in [0.1, 0.15) is 0 Å². The number of hydrogen-bond acceptors (Lipinski definition) is 4. The van der Waals surface area contributed by atoms with Crippen molar-refractivity contribution in [3.8, 4) is 17.1 Å². The lowest BCUT2D eigenvalue weighted by Gasteiger charge is -2.35. The van der Waals surface area contributed by atoms with Crippen molar-refractivity contribution in [3.63, 3.8) is 0 Å². The Bertz CT molecular complexity index is 666. The predicted molar refractivity (Wildman–Crippen MR) is 78.1 cm³/mol. The molecule has 3 rings (SSSR count). The van der Waals surface area contributed by atoms with Crippen LogP contribution in [0.1, 0.15) is 10.4 Å². The van der Waals surface area contributed by atoms with Gasteiger partial charge in [-0.3, -0.25) is 4.79 Å². The van der Waals surface area contributed by atoms with Crippen LogP contribution < -0.4 is 4.74 Å². The fourth-order valence-electron chi connectivity index (χ4n) is 2.30. The van der Waals surface area contributed by atoms with Crippen LogP contribution in [0.2, 0.25) is 0 Å². The first-order valence-electron chi connectivity index (χ1n) is 6.76. The molecule has 1 fully saturated rings. The molecule has 0 spiro atoms. The van der Waals surface area contributed by atoms with Crippen molar-refractivity contribution in [2.24, 2.45) is 0 Å². The average Bonchev–Trinajstić information content (AvgIpc) is 2.51. The normalized spacial score (nSPS) is 14.7. The summed E-state index contributed by atoms with van der Waals surface area (Å²) in [6.45, 7) is 0.806. The molecule has 5 nitrogen and oxygen atoms in total. The van der Waals surface area contributed by atoms with Gasteiger partial charge in [-0.2, -0.15) is 0 Å². The highest BCUT2D eigenvalue weighted by Gasteiger charge is 2.29. The van der Waals surface area contributed by atoms with Crippen LogP contribution in [0, 0.1) is 0 Å². The molecule has 0 bridgehead atoms. The van der Waals surface area contributed by atoms with Gasteiger partial charge in [-0.1, -0.05) is 18.2 Å². The van der Waals surface area contributed by atoms with E-state index in [1.165, 1.54) is 0 Å². The van der Waals surface area contributed by atoms with Gasteiger partial charge in [0.15, 0.2) is 0 Å². The number of aromatic nitrogens is 1. The van der Waals surface area contributed by atoms with Crippen LogP contribution in [0.3, 0.4) is 0 Å². The maximum Gasteiger partial charge on any atom is 0.254 e. The van der Waals surface area contributed by atoms with Gasteiger partial charge in [0.25, 0.3) is 5.91 Å². The van der Waals surface area contributed by atoms with Crippen LogP contribution in [0.15, 0.2) is 42.5 Å². The van der Waals surface area contributed by atoms with Crippen molar-refractivity contribution in [3.05, 3.63) is 48.0 Å². The Labute approximate surface area is 122 Å². The number of ether oxygens (including phenoxy) is 1. The molecule has 1 aromatic carbocycles. The number of benzene rings is 1. The molecule has 1 amide bonds. The topological polar surface area (TPSA) is 62.7 Å². The summed E-state index contributed by atoms with van der Waals surface area (Å²) in [6.07, 6.45) is -0.391. The number of pyridine rings is 1. The minimum absolute atomic E-state index is 0.0648. The van der Waals surface area contributed by atoms with Crippen LogP contribution in [0.5, 0.6) is 5.88 Å². The summed E-state index contributed by atoms with van der Waals surface area (Å²) >= 11 is 0. The molecule has 0 saturated carbocycles. The number of nitrogens with zero attached hydrogens (tertiary/aromatic N) is 2. The number of carbonyl (C=O) groups excluding carboxylic acids is 1. The molecule has 0 unspecified atom stereocenters. The summed E-state index contributed by atoms with van der Waals surface area (Å²) in [5, 5.41) is 9.29. The van der Waals surface area contributed by atoms with E-state index >= 15 is 0 Å². The minimum Gasteiger partial charge on any atom is -0.481 e. The average molecular weight is 284 g/mol. The quantitative estimate of drug-likeness (QED) is 0.929. The lowest BCUT2D eigenvalue weighted by Crippen LogP contribution is -2.53. The minimum atomic E-state index is -0.391. The number of β-amino-alcohol motifs (C(OH)–C–C–N with tert-alkyl or cyclic N) is 1. The molecule has 21 heavy (non-hydrogen) atoms. The fourth-order valence-corrected chi connectivity index (χ4v) is 2.30. The molecule has 0 atom stereocenters. The van der Waals surface area contributed by atoms with E-state index in [2.05, 4.69) is 4.98 Å². The SMILES string of the molecule is COc1cccc(-c2cccc(C(=O)N3CC(O)C3)c2)n1. The molecular formula is C16H16N2O3. The smallest absolute Gasteiger partial charge is 0.254 e. The number of aliphatic hydroxyl groups excluding tert-OH is 1. The Hall–Kier alpha value is -2.40. The molecule has 1 saturated heterocycles. The third-order valence-corrected chi connectivity index (χ3v) is 3.49. The fraction of sp³-hybridized carbons (Fsp3) is 0.250. The largest absolute Gasteiger partial charge is 0.481 e. The summed E-state index contributed by atoms with van der Waals surface area (Å²) in [4.78, 5) is 18.2. The van der Waals surface area contributed by atoms with Crippen LogP contribution in [0.25, 0.3) is 11.3 Å². The zero-order chi connectivity index (χ0) is 14.8. The van der Waals surface area contributed by atoms with E-state index in [-0.39, 0.29) is 5.91 Å². The molecular weight excluding hydrogens is 268 g/mol. The Kier molecular flexibility index (Phi) is 3.58. The first-order valence-corrected chi connectivity index (χ1v) is 6.76. The third-order valence-electron chi connectivity index (χ3n) is 3.49. The standard InChI is InChI=1S/C16H16N2O3/c1-21-15-7-3-6-14(17-15)11-4-2-5-12(8-11)16(20)18-9-13(19)10-18/h2-8,13,19H,9-10H2,1H3. The molecule has 0 aliphatic carbocycles. The molecule has 2 heterocycles. The molecule has 0 radical (unpaired) electrons. The summed E-state index contributed by atoms with van der Waals surface area (Å²) in [6, 6.07) is 12.8. The van der Waals surface area contributed by atoms with Crippen molar-refractivity contribution in [1.29, 1.82) is 0 Å². The Morgan fingerprint density at radius 3 is 2.76 bits per heavy atom. The van der Waals surface area contributed by atoms with Crippen LogP contribution in [-0.4, -0.2) is 47.2 Å². The lowest BCUT2D eigenvalue weighted by molar-refractivity contribution is 0.00590. The van der Waals surface area contributed by atoms with Gasteiger partial charge >= 0.3 is 0 Å². The van der Waals surface area contributed by atoms with Gasteiger partial charge < -0.3 is 14.7 Å². The van der Waals surface area contributed by atoms with E-state index in [0.717, 1.165) is 11.3 Å². The van der Waals surface area contributed by atoms with Crippen LogP contribution in [0.4, 0.5) is 0 Å².